The fourth-order valence-corrected chi connectivity index (χ4v) is 2.93. The van der Waals surface area contributed by atoms with E-state index in [0.717, 1.165) is 48.5 Å². The fraction of sp³-hybridized carbons (Fsp3) is 0.190. The molecule has 0 amide bonds. The van der Waals surface area contributed by atoms with Gasteiger partial charge < -0.3 is 4.98 Å². The topological polar surface area (TPSA) is 31.9 Å². The Labute approximate surface area is 142 Å². The minimum Gasteiger partial charge on any atom is -0.341 e. The molecule has 0 fully saturated rings. The summed E-state index contributed by atoms with van der Waals surface area (Å²) in [5.74, 6) is 7.58. The van der Waals surface area contributed by atoms with Crippen molar-refractivity contribution in [2.45, 2.75) is 13.0 Å². The molecule has 0 spiro atoms. The van der Waals surface area contributed by atoms with Gasteiger partial charge in [-0.25, -0.2) is 4.98 Å². The smallest absolute Gasteiger partial charge is 0.121 e. The molecule has 3 nitrogen and oxygen atoms in total. The second kappa shape index (κ2) is 6.74. The van der Waals surface area contributed by atoms with Crippen LogP contribution in [0, 0.1) is 11.8 Å². The monoisotopic (exact) mass is 313 g/mol. The molecule has 1 aliphatic rings. The lowest BCUT2D eigenvalue weighted by atomic mass is 10.1. The highest BCUT2D eigenvalue weighted by Gasteiger charge is 2.12. The number of aromatic amines is 1. The zero-order valence-corrected chi connectivity index (χ0v) is 13.5. The van der Waals surface area contributed by atoms with Gasteiger partial charge in [0.05, 0.1) is 17.6 Å². The van der Waals surface area contributed by atoms with E-state index in [-0.39, 0.29) is 0 Å². The number of para-hydroxylation sites is 2. The van der Waals surface area contributed by atoms with E-state index >= 15 is 0 Å². The van der Waals surface area contributed by atoms with Crippen LogP contribution >= 0.6 is 0 Å². The Balaban J connectivity index is 1.40. The summed E-state index contributed by atoms with van der Waals surface area (Å²) in [4.78, 5) is 10.4. The lowest BCUT2D eigenvalue weighted by Crippen LogP contribution is -2.28. The second-order valence-corrected chi connectivity index (χ2v) is 6.03. The number of fused-ring (bicyclic) bond motifs is 1. The summed E-state index contributed by atoms with van der Waals surface area (Å²) in [6.45, 7) is 2.80. The molecule has 2 heterocycles. The molecule has 24 heavy (non-hydrogen) atoms. The van der Waals surface area contributed by atoms with Crippen LogP contribution in [0.2, 0.25) is 0 Å². The molecule has 0 unspecified atom stereocenters. The van der Waals surface area contributed by atoms with Gasteiger partial charge in [-0.2, -0.15) is 0 Å². The van der Waals surface area contributed by atoms with Gasteiger partial charge in [-0.1, -0.05) is 48.2 Å². The van der Waals surface area contributed by atoms with Crippen molar-refractivity contribution in [2.24, 2.45) is 0 Å². The van der Waals surface area contributed by atoms with Gasteiger partial charge in [0.2, 0.25) is 0 Å². The van der Waals surface area contributed by atoms with E-state index < -0.39 is 0 Å². The Morgan fingerprint density at radius 3 is 2.62 bits per heavy atom. The summed E-state index contributed by atoms with van der Waals surface area (Å²) in [5, 5.41) is 0. The standard InChI is InChI=1S/C21H19N3/c1-2-6-17(7-3-1)10-11-18-12-14-24(15-13-18)16-21-22-19-8-4-5-9-20(19)23-21/h1-9,12H,13-16H2,(H,22,23). The van der Waals surface area contributed by atoms with Gasteiger partial charge in [-0.15, -0.1) is 0 Å². The number of hydrogen-bond donors (Lipinski definition) is 1. The Morgan fingerprint density at radius 1 is 1.00 bits per heavy atom. The number of aromatic nitrogens is 2. The molecule has 3 heteroatoms. The van der Waals surface area contributed by atoms with E-state index in [9.17, 15) is 0 Å². The van der Waals surface area contributed by atoms with Gasteiger partial charge in [-0.05, 0) is 30.7 Å². The molecule has 0 aliphatic carbocycles. The highest BCUT2D eigenvalue weighted by molar-refractivity contribution is 5.74. The number of nitrogens with zero attached hydrogens (tertiary/aromatic N) is 2. The molecule has 0 saturated heterocycles. The van der Waals surface area contributed by atoms with Crippen LogP contribution in [0.4, 0.5) is 0 Å². The molecule has 0 radical (unpaired) electrons. The van der Waals surface area contributed by atoms with Crippen molar-refractivity contribution in [1.29, 1.82) is 0 Å². The minimum absolute atomic E-state index is 0.852. The lowest BCUT2D eigenvalue weighted by molar-refractivity contribution is 0.282. The maximum atomic E-state index is 4.66. The predicted molar refractivity (Wildman–Crippen MR) is 97.4 cm³/mol. The first kappa shape index (κ1) is 14.7. The van der Waals surface area contributed by atoms with E-state index in [1.807, 2.05) is 48.5 Å². The van der Waals surface area contributed by atoms with Gasteiger partial charge in [0, 0.05) is 24.2 Å². The highest BCUT2D eigenvalue weighted by atomic mass is 15.1. The van der Waals surface area contributed by atoms with Gasteiger partial charge in [0.1, 0.15) is 5.82 Å². The third kappa shape index (κ3) is 3.40. The maximum absolute atomic E-state index is 4.66. The van der Waals surface area contributed by atoms with Crippen LogP contribution in [-0.2, 0) is 6.54 Å². The summed E-state index contributed by atoms with van der Waals surface area (Å²) < 4.78 is 0. The molecule has 4 rings (SSSR count). The van der Waals surface area contributed by atoms with Crippen molar-refractivity contribution in [1.82, 2.24) is 14.9 Å². The van der Waals surface area contributed by atoms with Crippen molar-refractivity contribution in [3.8, 4) is 11.8 Å². The summed E-state index contributed by atoms with van der Waals surface area (Å²) in [6, 6.07) is 18.3. The van der Waals surface area contributed by atoms with Crippen molar-refractivity contribution < 1.29 is 0 Å². The third-order valence-electron chi connectivity index (χ3n) is 4.25. The van der Waals surface area contributed by atoms with Crippen molar-refractivity contribution in [3.05, 3.63) is 77.6 Å². The molecule has 3 aromatic rings. The van der Waals surface area contributed by atoms with Crippen LogP contribution in [0.5, 0.6) is 0 Å². The number of hydrogen-bond acceptors (Lipinski definition) is 2. The van der Waals surface area contributed by atoms with Crippen LogP contribution in [0.3, 0.4) is 0 Å². The van der Waals surface area contributed by atoms with Crippen LogP contribution in [0.15, 0.2) is 66.2 Å². The molecule has 118 valence electrons. The average Bonchev–Trinajstić information content (AvgIpc) is 3.04. The number of benzene rings is 2. The first-order chi connectivity index (χ1) is 11.9. The van der Waals surface area contributed by atoms with Gasteiger partial charge >= 0.3 is 0 Å². The molecule has 1 aliphatic heterocycles. The molecule has 1 aromatic heterocycles. The molecule has 0 bridgehead atoms. The number of nitrogens with one attached hydrogen (secondary N) is 1. The number of rotatable bonds is 2. The van der Waals surface area contributed by atoms with Crippen LogP contribution in [0.1, 0.15) is 17.8 Å². The summed E-state index contributed by atoms with van der Waals surface area (Å²) in [6.07, 6.45) is 3.24. The van der Waals surface area contributed by atoms with Crippen LogP contribution in [0.25, 0.3) is 11.0 Å². The largest absolute Gasteiger partial charge is 0.341 e. The quantitative estimate of drug-likeness (QED) is 0.731. The molecule has 0 atom stereocenters. The van der Waals surface area contributed by atoms with Crippen LogP contribution < -0.4 is 0 Å². The Morgan fingerprint density at radius 2 is 1.83 bits per heavy atom. The summed E-state index contributed by atoms with van der Waals surface area (Å²) in [7, 11) is 0. The number of imidazole rings is 1. The minimum atomic E-state index is 0.852. The number of H-pyrrole nitrogens is 1. The summed E-state index contributed by atoms with van der Waals surface area (Å²) in [5.41, 5.74) is 4.45. The zero-order valence-electron chi connectivity index (χ0n) is 13.5. The van der Waals surface area contributed by atoms with Gasteiger partial charge in [0.15, 0.2) is 0 Å². The Bertz CT molecular complexity index is 893. The first-order valence-corrected chi connectivity index (χ1v) is 8.29. The Kier molecular flexibility index (Phi) is 4.14. The van der Waals surface area contributed by atoms with Gasteiger partial charge in [0.25, 0.3) is 0 Å². The van der Waals surface area contributed by atoms with Crippen molar-refractivity contribution in [2.75, 3.05) is 13.1 Å². The van der Waals surface area contributed by atoms with Crippen LogP contribution in [-0.4, -0.2) is 28.0 Å². The van der Waals surface area contributed by atoms with Crippen molar-refractivity contribution >= 4 is 11.0 Å². The zero-order chi connectivity index (χ0) is 16.2. The summed E-state index contributed by atoms with van der Waals surface area (Å²) >= 11 is 0. The molecule has 2 aromatic carbocycles. The fourth-order valence-electron chi connectivity index (χ4n) is 2.93. The Hall–Kier alpha value is -2.83. The van der Waals surface area contributed by atoms with E-state index in [4.69, 9.17) is 0 Å². The van der Waals surface area contributed by atoms with E-state index in [2.05, 4.69) is 38.9 Å². The van der Waals surface area contributed by atoms with Crippen molar-refractivity contribution in [3.63, 3.8) is 0 Å². The highest BCUT2D eigenvalue weighted by Crippen LogP contribution is 2.15. The lowest BCUT2D eigenvalue weighted by Gasteiger charge is -2.23. The molecule has 0 saturated carbocycles. The molecular formula is C21H19N3. The normalized spacial score (nSPS) is 14.9. The maximum Gasteiger partial charge on any atom is 0.121 e. The van der Waals surface area contributed by atoms with E-state index in [1.165, 1.54) is 5.57 Å². The second-order valence-electron chi connectivity index (χ2n) is 6.03. The first-order valence-electron chi connectivity index (χ1n) is 8.29. The van der Waals surface area contributed by atoms with E-state index in [1.54, 1.807) is 0 Å². The predicted octanol–water partition coefficient (Wildman–Crippen LogP) is 3.75. The van der Waals surface area contributed by atoms with Gasteiger partial charge in [-0.3, -0.25) is 4.90 Å². The SMILES string of the molecule is C(#Cc1ccccc1)C1=CCN(Cc2nc3ccccc3[nH]2)CC1. The molecular weight excluding hydrogens is 294 g/mol. The average molecular weight is 313 g/mol. The van der Waals surface area contributed by atoms with E-state index in [0.29, 0.717) is 0 Å². The molecule has 1 N–H and O–H groups in total. The third-order valence-corrected chi connectivity index (χ3v) is 4.25.